The van der Waals surface area contributed by atoms with Crippen LogP contribution in [-0.4, -0.2) is 35.0 Å². The summed E-state index contributed by atoms with van der Waals surface area (Å²) < 4.78 is 5.05. The van der Waals surface area contributed by atoms with Crippen LogP contribution < -0.4 is 5.32 Å². The largest absolute Gasteiger partial charge is 0.452 e. The van der Waals surface area contributed by atoms with Gasteiger partial charge in [-0.3, -0.25) is 4.79 Å². The number of rotatable bonds is 7. The van der Waals surface area contributed by atoms with Crippen molar-refractivity contribution >= 4 is 22.9 Å². The third-order valence-corrected chi connectivity index (χ3v) is 3.75. The van der Waals surface area contributed by atoms with Crippen molar-refractivity contribution in [1.29, 1.82) is 0 Å². The van der Waals surface area contributed by atoms with E-state index in [2.05, 4.69) is 22.2 Å². The number of ether oxygens (including phenoxy) is 1. The molecule has 0 saturated heterocycles. The highest BCUT2D eigenvalue weighted by Gasteiger charge is 2.12. The van der Waals surface area contributed by atoms with Crippen LogP contribution in [0.15, 0.2) is 18.2 Å². The molecule has 0 aliphatic rings. The fraction of sp³-hybridized carbons (Fsp3) is 0.444. The van der Waals surface area contributed by atoms with E-state index in [1.54, 1.807) is 18.2 Å². The Labute approximate surface area is 141 Å². The van der Waals surface area contributed by atoms with Crippen molar-refractivity contribution in [3.8, 4) is 0 Å². The van der Waals surface area contributed by atoms with Gasteiger partial charge in [-0.25, -0.2) is 14.8 Å². The van der Waals surface area contributed by atoms with E-state index >= 15 is 0 Å². The summed E-state index contributed by atoms with van der Waals surface area (Å²) in [5.41, 5.74) is 3.40. The molecule has 2 aromatic rings. The maximum Gasteiger partial charge on any atom is 0.338 e. The first kappa shape index (κ1) is 17.8. The van der Waals surface area contributed by atoms with E-state index in [1.165, 1.54) is 0 Å². The van der Waals surface area contributed by atoms with Crippen LogP contribution >= 0.6 is 0 Å². The molecule has 0 radical (unpaired) electrons. The molecule has 1 amide bonds. The Kier molecular flexibility index (Phi) is 6.23. The number of nitrogens with one attached hydrogen (secondary N) is 1. The van der Waals surface area contributed by atoms with Crippen molar-refractivity contribution in [2.75, 3.05) is 13.2 Å². The zero-order chi connectivity index (χ0) is 17.5. The van der Waals surface area contributed by atoms with Gasteiger partial charge in [-0.15, -0.1) is 0 Å². The topological polar surface area (TPSA) is 81.2 Å². The lowest BCUT2D eigenvalue weighted by atomic mass is 10.2. The summed E-state index contributed by atoms with van der Waals surface area (Å²) >= 11 is 0. The van der Waals surface area contributed by atoms with Crippen LogP contribution in [0.4, 0.5) is 0 Å². The number of nitrogens with zero attached hydrogens (tertiary/aromatic N) is 2. The van der Waals surface area contributed by atoms with Gasteiger partial charge >= 0.3 is 5.97 Å². The summed E-state index contributed by atoms with van der Waals surface area (Å²) in [5, 5.41) is 2.73. The van der Waals surface area contributed by atoms with E-state index in [1.807, 2.05) is 13.8 Å². The average molecular weight is 329 g/mol. The lowest BCUT2D eigenvalue weighted by Crippen LogP contribution is -2.29. The Morgan fingerprint density at radius 2 is 1.79 bits per heavy atom. The number of benzene rings is 1. The van der Waals surface area contributed by atoms with Crippen LogP contribution in [0.5, 0.6) is 0 Å². The van der Waals surface area contributed by atoms with Gasteiger partial charge in [-0.2, -0.15) is 0 Å². The van der Waals surface area contributed by atoms with Crippen molar-refractivity contribution in [3.63, 3.8) is 0 Å². The van der Waals surface area contributed by atoms with Crippen LogP contribution in [0.25, 0.3) is 11.0 Å². The quantitative estimate of drug-likeness (QED) is 0.624. The summed E-state index contributed by atoms with van der Waals surface area (Å²) in [6.45, 7) is 6.19. The maximum absolute atomic E-state index is 12.1. The number of hydrogen-bond donors (Lipinski definition) is 1. The van der Waals surface area contributed by atoms with E-state index < -0.39 is 5.97 Å². The number of fused-ring (bicyclic) bond motifs is 1. The highest BCUT2D eigenvalue weighted by Crippen LogP contribution is 2.15. The minimum absolute atomic E-state index is 0.276. The Morgan fingerprint density at radius 1 is 1.08 bits per heavy atom. The molecule has 0 unspecified atom stereocenters. The third kappa shape index (κ3) is 4.75. The molecular formula is C18H23N3O3. The van der Waals surface area contributed by atoms with Gasteiger partial charge in [-0.1, -0.05) is 19.8 Å². The molecular weight excluding hydrogens is 306 g/mol. The SMILES string of the molecule is CCCCCNC(=O)COC(=O)c1ccc2nc(C)c(C)nc2c1. The van der Waals surface area contributed by atoms with Crippen molar-refractivity contribution < 1.29 is 14.3 Å². The Balaban J connectivity index is 1.93. The van der Waals surface area contributed by atoms with Gasteiger partial charge in [0.2, 0.25) is 0 Å². The fourth-order valence-corrected chi connectivity index (χ4v) is 2.23. The Hall–Kier alpha value is -2.50. The number of aryl methyl sites for hydroxylation is 2. The lowest BCUT2D eigenvalue weighted by Gasteiger charge is -2.07. The second kappa shape index (κ2) is 8.38. The summed E-state index contributed by atoms with van der Waals surface area (Å²) in [6.07, 6.45) is 3.09. The highest BCUT2D eigenvalue weighted by atomic mass is 16.5. The number of unbranched alkanes of at least 4 members (excludes halogenated alkanes) is 2. The van der Waals surface area contributed by atoms with Crippen LogP contribution in [0.2, 0.25) is 0 Å². The van der Waals surface area contributed by atoms with Crippen LogP contribution in [-0.2, 0) is 9.53 Å². The summed E-state index contributed by atoms with van der Waals surface area (Å²) in [7, 11) is 0. The maximum atomic E-state index is 12.1. The first-order valence-corrected chi connectivity index (χ1v) is 8.20. The first-order valence-electron chi connectivity index (χ1n) is 8.20. The summed E-state index contributed by atoms with van der Waals surface area (Å²) in [6, 6.07) is 5.00. The summed E-state index contributed by atoms with van der Waals surface area (Å²) in [4.78, 5) is 32.5. The second-order valence-corrected chi connectivity index (χ2v) is 5.73. The predicted molar refractivity (Wildman–Crippen MR) is 91.8 cm³/mol. The number of hydrogen-bond acceptors (Lipinski definition) is 5. The number of amides is 1. The number of carbonyl (C=O) groups is 2. The highest BCUT2D eigenvalue weighted by molar-refractivity contribution is 5.94. The second-order valence-electron chi connectivity index (χ2n) is 5.73. The normalized spacial score (nSPS) is 10.6. The molecule has 1 aromatic heterocycles. The number of esters is 1. The van der Waals surface area contributed by atoms with E-state index in [0.717, 1.165) is 36.2 Å². The Bertz CT molecular complexity index is 744. The molecule has 6 heteroatoms. The molecule has 0 fully saturated rings. The third-order valence-electron chi connectivity index (χ3n) is 3.75. The minimum atomic E-state index is -0.541. The average Bonchev–Trinajstić information content (AvgIpc) is 2.57. The molecule has 0 aliphatic heterocycles. The monoisotopic (exact) mass is 329 g/mol. The lowest BCUT2D eigenvalue weighted by molar-refractivity contribution is -0.124. The van der Waals surface area contributed by atoms with E-state index in [4.69, 9.17) is 4.74 Å². The predicted octanol–water partition coefficient (Wildman–Crippen LogP) is 2.71. The number of aromatic nitrogens is 2. The molecule has 1 heterocycles. The molecule has 0 spiro atoms. The van der Waals surface area contributed by atoms with Crippen LogP contribution in [0, 0.1) is 13.8 Å². The molecule has 1 N–H and O–H groups in total. The van der Waals surface area contributed by atoms with Gasteiger partial charge in [-0.05, 0) is 38.5 Å². The molecule has 128 valence electrons. The number of carbonyl (C=O) groups excluding carboxylic acids is 2. The molecule has 0 bridgehead atoms. The zero-order valence-electron chi connectivity index (χ0n) is 14.4. The standard InChI is InChI=1S/C18H23N3O3/c1-4-5-6-9-19-17(22)11-24-18(23)14-7-8-15-16(10-14)21-13(3)12(2)20-15/h7-8,10H,4-6,9,11H2,1-3H3,(H,19,22). The molecule has 0 aliphatic carbocycles. The van der Waals surface area contributed by atoms with Gasteiger partial charge in [0.1, 0.15) is 0 Å². The van der Waals surface area contributed by atoms with E-state index in [0.29, 0.717) is 17.6 Å². The van der Waals surface area contributed by atoms with Gasteiger partial charge in [0.15, 0.2) is 6.61 Å². The smallest absolute Gasteiger partial charge is 0.338 e. The van der Waals surface area contributed by atoms with Crippen molar-refractivity contribution in [2.24, 2.45) is 0 Å². The molecule has 0 saturated carbocycles. The van der Waals surface area contributed by atoms with Gasteiger partial charge < -0.3 is 10.1 Å². The molecule has 6 nitrogen and oxygen atoms in total. The first-order chi connectivity index (χ1) is 11.5. The van der Waals surface area contributed by atoms with Gasteiger partial charge in [0, 0.05) is 6.54 Å². The van der Waals surface area contributed by atoms with Crippen molar-refractivity contribution in [3.05, 3.63) is 35.2 Å². The van der Waals surface area contributed by atoms with Crippen LogP contribution in [0.1, 0.15) is 47.9 Å². The fourth-order valence-electron chi connectivity index (χ4n) is 2.23. The molecule has 2 rings (SSSR count). The van der Waals surface area contributed by atoms with Gasteiger partial charge in [0.25, 0.3) is 5.91 Å². The molecule has 0 atom stereocenters. The Morgan fingerprint density at radius 3 is 2.50 bits per heavy atom. The molecule has 1 aromatic carbocycles. The minimum Gasteiger partial charge on any atom is -0.452 e. The van der Waals surface area contributed by atoms with Gasteiger partial charge in [0.05, 0.1) is 28.0 Å². The zero-order valence-corrected chi connectivity index (χ0v) is 14.4. The van der Waals surface area contributed by atoms with Crippen LogP contribution in [0.3, 0.4) is 0 Å². The van der Waals surface area contributed by atoms with E-state index in [-0.39, 0.29) is 12.5 Å². The van der Waals surface area contributed by atoms with Crippen molar-refractivity contribution in [2.45, 2.75) is 40.0 Å². The molecule has 24 heavy (non-hydrogen) atoms. The van der Waals surface area contributed by atoms with E-state index in [9.17, 15) is 9.59 Å². The summed E-state index contributed by atoms with van der Waals surface area (Å²) in [5.74, 6) is -0.827. The van der Waals surface area contributed by atoms with Crippen molar-refractivity contribution in [1.82, 2.24) is 15.3 Å².